The first-order valence-electron chi connectivity index (χ1n) is 7.31. The molecule has 0 radical (unpaired) electrons. The Morgan fingerprint density at radius 2 is 1.95 bits per heavy atom. The molecule has 2 heteroatoms. The Kier molecular flexibility index (Phi) is 5.39. The maximum Gasteiger partial charge on any atom is 0.330 e. The molecule has 1 rings (SSSR count). The molecule has 1 atom stereocenters. The second kappa shape index (κ2) is 6.40. The number of esters is 1. The maximum absolute atomic E-state index is 11.4. The molecule has 0 saturated carbocycles. The Balaban J connectivity index is 2.51. The third kappa shape index (κ3) is 5.63. The van der Waals surface area contributed by atoms with Crippen LogP contribution in [0.15, 0.2) is 23.8 Å². The molecule has 2 nitrogen and oxygen atoms in total. The van der Waals surface area contributed by atoms with E-state index in [4.69, 9.17) is 4.74 Å². The average Bonchev–Trinajstić information content (AvgIpc) is 2.32. The molecule has 1 aliphatic carbocycles. The van der Waals surface area contributed by atoms with E-state index in [1.165, 1.54) is 12.8 Å². The average molecular weight is 264 g/mol. The summed E-state index contributed by atoms with van der Waals surface area (Å²) in [6.07, 6.45) is 10.9. The zero-order valence-electron chi connectivity index (χ0n) is 13.1. The van der Waals surface area contributed by atoms with E-state index >= 15 is 0 Å². The molecule has 0 aromatic rings. The molecule has 19 heavy (non-hydrogen) atoms. The number of hydrogen-bond donors (Lipinski definition) is 0. The van der Waals surface area contributed by atoms with Crippen molar-refractivity contribution in [1.82, 2.24) is 0 Å². The van der Waals surface area contributed by atoms with Gasteiger partial charge in [0.1, 0.15) is 0 Å². The van der Waals surface area contributed by atoms with Gasteiger partial charge in [0.2, 0.25) is 0 Å². The van der Waals surface area contributed by atoms with Crippen LogP contribution >= 0.6 is 0 Å². The molecule has 0 spiro atoms. The summed E-state index contributed by atoms with van der Waals surface area (Å²) in [5, 5.41) is 0. The lowest BCUT2D eigenvalue weighted by atomic mass is 9.69. The summed E-state index contributed by atoms with van der Waals surface area (Å²) in [6.45, 7) is 11.2. The molecule has 0 aromatic carbocycles. The van der Waals surface area contributed by atoms with Crippen molar-refractivity contribution in [2.24, 2.45) is 10.8 Å². The lowest BCUT2D eigenvalue weighted by molar-refractivity contribution is -0.137. The monoisotopic (exact) mass is 264 g/mol. The van der Waals surface area contributed by atoms with Crippen LogP contribution in [0.5, 0.6) is 0 Å². The number of allylic oxidation sites excluding steroid dienone is 3. The van der Waals surface area contributed by atoms with Crippen LogP contribution in [0.4, 0.5) is 0 Å². The summed E-state index contributed by atoms with van der Waals surface area (Å²) < 4.78 is 4.93. The Hall–Kier alpha value is -1.05. The summed E-state index contributed by atoms with van der Waals surface area (Å²) in [7, 11) is 0. The first kappa shape index (κ1) is 16.0. The van der Waals surface area contributed by atoms with Crippen LogP contribution in [0.1, 0.15) is 60.3 Å². The highest BCUT2D eigenvalue weighted by Gasteiger charge is 2.29. The standard InChI is InChI=1S/C17H28O2/c1-6-19-15(18)13-14(2)7-8-17(5)11-9-16(3,4)10-12-17/h9,11,13H,6-8,10,12H2,1-5H3/b14-13-. The molecule has 1 aliphatic rings. The predicted molar refractivity (Wildman–Crippen MR) is 79.9 cm³/mol. The van der Waals surface area contributed by atoms with Gasteiger partial charge in [-0.1, -0.05) is 38.5 Å². The molecule has 0 fully saturated rings. The van der Waals surface area contributed by atoms with Crippen molar-refractivity contribution >= 4 is 5.97 Å². The number of ether oxygens (including phenoxy) is 1. The zero-order valence-corrected chi connectivity index (χ0v) is 13.1. The molecular formula is C17H28O2. The van der Waals surface area contributed by atoms with Crippen molar-refractivity contribution in [2.75, 3.05) is 6.61 Å². The smallest absolute Gasteiger partial charge is 0.330 e. The minimum Gasteiger partial charge on any atom is -0.463 e. The van der Waals surface area contributed by atoms with Crippen LogP contribution in [-0.2, 0) is 9.53 Å². The third-order valence-corrected chi connectivity index (χ3v) is 4.02. The lowest BCUT2D eigenvalue weighted by Gasteiger charge is -2.36. The van der Waals surface area contributed by atoms with Gasteiger partial charge in [-0.05, 0) is 50.4 Å². The quantitative estimate of drug-likeness (QED) is 0.410. The van der Waals surface area contributed by atoms with E-state index in [9.17, 15) is 4.79 Å². The Bertz CT molecular complexity index is 377. The van der Waals surface area contributed by atoms with Gasteiger partial charge < -0.3 is 4.74 Å². The van der Waals surface area contributed by atoms with E-state index in [2.05, 4.69) is 32.9 Å². The predicted octanol–water partition coefficient (Wildman–Crippen LogP) is 4.66. The molecular weight excluding hydrogens is 236 g/mol. The largest absolute Gasteiger partial charge is 0.463 e. The van der Waals surface area contributed by atoms with E-state index in [-0.39, 0.29) is 11.4 Å². The fourth-order valence-electron chi connectivity index (χ4n) is 2.35. The Morgan fingerprint density at radius 3 is 2.47 bits per heavy atom. The fourth-order valence-corrected chi connectivity index (χ4v) is 2.35. The topological polar surface area (TPSA) is 26.3 Å². The molecule has 0 aromatic heterocycles. The molecule has 0 bridgehead atoms. The van der Waals surface area contributed by atoms with E-state index in [1.807, 2.05) is 13.8 Å². The summed E-state index contributed by atoms with van der Waals surface area (Å²) >= 11 is 0. The van der Waals surface area contributed by atoms with E-state index in [1.54, 1.807) is 6.08 Å². The van der Waals surface area contributed by atoms with Gasteiger partial charge in [0.25, 0.3) is 0 Å². The normalized spacial score (nSPS) is 26.3. The fraction of sp³-hybridized carbons (Fsp3) is 0.706. The zero-order chi connectivity index (χ0) is 14.5. The maximum atomic E-state index is 11.4. The van der Waals surface area contributed by atoms with Gasteiger partial charge in [-0.25, -0.2) is 4.79 Å². The molecule has 0 N–H and O–H groups in total. The van der Waals surface area contributed by atoms with Crippen molar-refractivity contribution in [2.45, 2.75) is 60.3 Å². The molecule has 108 valence electrons. The molecule has 0 amide bonds. The minimum absolute atomic E-state index is 0.217. The Labute approximate surface area is 117 Å². The molecule has 1 unspecified atom stereocenters. The summed E-state index contributed by atoms with van der Waals surface area (Å²) in [5.41, 5.74) is 1.73. The highest BCUT2D eigenvalue weighted by atomic mass is 16.5. The van der Waals surface area contributed by atoms with Gasteiger partial charge in [-0.3, -0.25) is 0 Å². The van der Waals surface area contributed by atoms with E-state index in [0.717, 1.165) is 18.4 Å². The third-order valence-electron chi connectivity index (χ3n) is 4.02. The van der Waals surface area contributed by atoms with Gasteiger partial charge >= 0.3 is 5.97 Å². The van der Waals surface area contributed by atoms with Crippen LogP contribution < -0.4 is 0 Å². The van der Waals surface area contributed by atoms with E-state index < -0.39 is 0 Å². The van der Waals surface area contributed by atoms with Crippen LogP contribution in [0, 0.1) is 10.8 Å². The van der Waals surface area contributed by atoms with Crippen LogP contribution in [0.25, 0.3) is 0 Å². The summed E-state index contributed by atoms with van der Waals surface area (Å²) in [4.78, 5) is 11.4. The first-order valence-corrected chi connectivity index (χ1v) is 7.31. The lowest BCUT2D eigenvalue weighted by Crippen LogP contribution is -2.23. The van der Waals surface area contributed by atoms with Gasteiger partial charge in [-0.2, -0.15) is 0 Å². The number of carbonyl (C=O) groups excluding carboxylic acids is 1. The van der Waals surface area contributed by atoms with Gasteiger partial charge in [0.15, 0.2) is 0 Å². The van der Waals surface area contributed by atoms with Crippen LogP contribution in [-0.4, -0.2) is 12.6 Å². The number of hydrogen-bond acceptors (Lipinski definition) is 2. The summed E-state index contributed by atoms with van der Waals surface area (Å²) in [5.74, 6) is -0.217. The van der Waals surface area contributed by atoms with Gasteiger partial charge in [0.05, 0.1) is 6.61 Å². The highest BCUT2D eigenvalue weighted by molar-refractivity contribution is 5.82. The first-order chi connectivity index (χ1) is 8.76. The molecule has 0 aliphatic heterocycles. The molecule has 0 heterocycles. The van der Waals surface area contributed by atoms with E-state index in [0.29, 0.717) is 12.0 Å². The van der Waals surface area contributed by atoms with Crippen LogP contribution in [0.3, 0.4) is 0 Å². The van der Waals surface area contributed by atoms with Crippen molar-refractivity contribution in [1.29, 1.82) is 0 Å². The minimum atomic E-state index is -0.217. The Morgan fingerprint density at radius 1 is 1.26 bits per heavy atom. The van der Waals surface area contributed by atoms with Crippen molar-refractivity contribution in [3.05, 3.63) is 23.8 Å². The number of rotatable bonds is 5. The number of carbonyl (C=O) groups is 1. The second-order valence-electron chi connectivity index (χ2n) is 6.72. The second-order valence-corrected chi connectivity index (χ2v) is 6.72. The van der Waals surface area contributed by atoms with Gasteiger partial charge in [-0.15, -0.1) is 0 Å². The SMILES string of the molecule is CCOC(=O)/C=C(/C)CCC1(C)C=CC(C)(C)CC1. The summed E-state index contributed by atoms with van der Waals surface area (Å²) in [6, 6.07) is 0. The highest BCUT2D eigenvalue weighted by Crippen LogP contribution is 2.42. The van der Waals surface area contributed by atoms with Crippen LogP contribution in [0.2, 0.25) is 0 Å². The van der Waals surface area contributed by atoms with Crippen molar-refractivity contribution in [3.8, 4) is 0 Å². The van der Waals surface area contributed by atoms with Gasteiger partial charge in [0, 0.05) is 6.08 Å². The van der Waals surface area contributed by atoms with Crippen molar-refractivity contribution in [3.63, 3.8) is 0 Å². The van der Waals surface area contributed by atoms with Crippen molar-refractivity contribution < 1.29 is 9.53 Å². The molecule has 0 saturated heterocycles.